The van der Waals surface area contributed by atoms with Gasteiger partial charge in [-0.25, -0.2) is 4.98 Å². The lowest BCUT2D eigenvalue weighted by atomic mass is 9.79. The Bertz CT molecular complexity index is 1110. The lowest BCUT2D eigenvalue weighted by molar-refractivity contribution is -0.133. The van der Waals surface area contributed by atoms with Crippen LogP contribution in [0, 0.1) is 0 Å². The Balaban J connectivity index is 1.62. The topological polar surface area (TPSA) is 77.5 Å². The quantitative estimate of drug-likeness (QED) is 0.337. The van der Waals surface area contributed by atoms with E-state index in [1.807, 2.05) is 41.1 Å². The summed E-state index contributed by atoms with van der Waals surface area (Å²) in [6, 6.07) is 14.5. The number of halogens is 1. The number of nitrogens with one attached hydrogen (secondary N) is 1. The number of methoxy groups -OCH3 is 1. The minimum absolute atomic E-state index is 0.0811. The summed E-state index contributed by atoms with van der Waals surface area (Å²) in [6.45, 7) is 1.05. The molecule has 9 heteroatoms. The van der Waals surface area contributed by atoms with Crippen LogP contribution in [-0.4, -0.2) is 42.2 Å². The number of hydrogen-bond acceptors (Lipinski definition) is 7. The van der Waals surface area contributed by atoms with Crippen molar-refractivity contribution in [3.63, 3.8) is 0 Å². The molecule has 4 rings (SSSR count). The molecule has 1 aromatic carbocycles. The number of pyridine rings is 1. The second kappa shape index (κ2) is 10.7. The van der Waals surface area contributed by atoms with Gasteiger partial charge in [0.1, 0.15) is 10.8 Å². The first-order valence-corrected chi connectivity index (χ1v) is 12.6. The highest BCUT2D eigenvalue weighted by atomic mass is 35.5. The first-order chi connectivity index (χ1) is 16.0. The zero-order valence-electron chi connectivity index (χ0n) is 18.0. The van der Waals surface area contributed by atoms with E-state index in [1.54, 1.807) is 25.3 Å². The molecule has 1 saturated heterocycles. The summed E-state index contributed by atoms with van der Waals surface area (Å²) in [5, 5.41) is 6.60. The number of aromatic nitrogens is 1. The largest absolute Gasteiger partial charge is 0.478 e. The molecule has 1 aliphatic heterocycles. The maximum Gasteiger partial charge on any atom is 0.242 e. The van der Waals surface area contributed by atoms with Crippen LogP contribution in [0.3, 0.4) is 0 Å². The summed E-state index contributed by atoms with van der Waals surface area (Å²) in [4.78, 5) is 32.0. The molecule has 3 heterocycles. The molecule has 2 atom stereocenters. The number of amides is 1. The first-order valence-electron chi connectivity index (χ1n) is 10.4. The normalized spacial score (nSPS) is 20.5. The summed E-state index contributed by atoms with van der Waals surface area (Å²) >= 11 is 8.93. The van der Waals surface area contributed by atoms with E-state index >= 15 is 0 Å². The number of thiophene rings is 1. The molecule has 2 unspecified atom stereocenters. The van der Waals surface area contributed by atoms with Gasteiger partial charge < -0.3 is 14.8 Å². The Morgan fingerprint density at radius 2 is 2.03 bits per heavy atom. The summed E-state index contributed by atoms with van der Waals surface area (Å²) in [5.74, 6) is -0.105. The van der Waals surface area contributed by atoms with Gasteiger partial charge in [0.2, 0.25) is 11.8 Å². The Hall–Kier alpha value is -2.39. The van der Waals surface area contributed by atoms with E-state index in [4.69, 9.17) is 21.1 Å². The van der Waals surface area contributed by atoms with Crippen LogP contribution in [0.4, 0.5) is 0 Å². The minimum Gasteiger partial charge on any atom is -0.478 e. The van der Waals surface area contributed by atoms with Crippen LogP contribution in [0.15, 0.2) is 64.2 Å². The van der Waals surface area contributed by atoms with Gasteiger partial charge in [-0.1, -0.05) is 29.8 Å². The van der Waals surface area contributed by atoms with E-state index < -0.39 is 10.8 Å². The third kappa shape index (κ3) is 5.24. The van der Waals surface area contributed by atoms with Gasteiger partial charge in [0.25, 0.3) is 0 Å². The number of Topliss-reactive ketones (excluding diaryl/α,β-unsaturated/α-hetero) is 1. The van der Waals surface area contributed by atoms with E-state index in [-0.39, 0.29) is 18.1 Å². The monoisotopic (exact) mass is 502 g/mol. The predicted octanol–water partition coefficient (Wildman–Crippen LogP) is 4.71. The van der Waals surface area contributed by atoms with Crippen molar-refractivity contribution in [1.29, 1.82) is 0 Å². The summed E-state index contributed by atoms with van der Waals surface area (Å²) in [7, 11) is 1.64. The van der Waals surface area contributed by atoms with Crippen LogP contribution in [-0.2, 0) is 19.9 Å². The number of ketones is 1. The fourth-order valence-corrected chi connectivity index (χ4v) is 5.68. The molecule has 6 nitrogen and oxygen atoms in total. The number of hydrogen-bond donors (Lipinski definition) is 1. The molecule has 0 spiro atoms. The Labute approximate surface area is 205 Å². The van der Waals surface area contributed by atoms with Crippen LogP contribution in [0.5, 0.6) is 5.88 Å². The molecule has 172 valence electrons. The van der Waals surface area contributed by atoms with Gasteiger partial charge >= 0.3 is 0 Å². The van der Waals surface area contributed by atoms with Crippen LogP contribution in [0.25, 0.3) is 0 Å². The smallest absolute Gasteiger partial charge is 0.242 e. The molecule has 2 aromatic heterocycles. The number of carbonyl (C=O) groups is 2. The molecule has 1 amide bonds. The average Bonchev–Trinajstić information content (AvgIpc) is 3.36. The highest BCUT2D eigenvalue weighted by molar-refractivity contribution is 8.01. The van der Waals surface area contributed by atoms with Crippen molar-refractivity contribution in [1.82, 2.24) is 10.3 Å². The van der Waals surface area contributed by atoms with Crippen LogP contribution >= 0.6 is 34.7 Å². The molecule has 0 radical (unpaired) electrons. The predicted molar refractivity (Wildman–Crippen MR) is 130 cm³/mol. The van der Waals surface area contributed by atoms with Gasteiger partial charge in [-0.15, -0.1) is 11.8 Å². The fraction of sp³-hybridized carbons (Fsp3) is 0.292. The van der Waals surface area contributed by atoms with E-state index in [9.17, 15) is 9.59 Å². The summed E-state index contributed by atoms with van der Waals surface area (Å²) in [6.07, 6.45) is 0.811. The van der Waals surface area contributed by atoms with Crippen molar-refractivity contribution in [3.8, 4) is 5.88 Å². The van der Waals surface area contributed by atoms with E-state index in [0.717, 1.165) is 12.0 Å². The molecule has 0 bridgehead atoms. The highest BCUT2D eigenvalue weighted by Gasteiger charge is 2.48. The molecule has 33 heavy (non-hydrogen) atoms. The lowest BCUT2D eigenvalue weighted by Crippen LogP contribution is -2.58. The zero-order valence-corrected chi connectivity index (χ0v) is 20.3. The molecule has 0 saturated carbocycles. The van der Waals surface area contributed by atoms with E-state index in [2.05, 4.69) is 10.3 Å². The SMILES string of the molecule is COCCCOc1cccc(C2(c3ccsc3)CC(=O)C(Sc3ccccc3Cl)C(=O)N2)n1. The van der Waals surface area contributed by atoms with Gasteiger partial charge in [0, 0.05) is 37.5 Å². The fourth-order valence-electron chi connectivity index (χ4n) is 3.70. The number of nitrogens with zero attached hydrogens (tertiary/aromatic N) is 1. The number of benzene rings is 1. The van der Waals surface area contributed by atoms with Gasteiger partial charge in [-0.2, -0.15) is 11.3 Å². The van der Waals surface area contributed by atoms with Crippen LogP contribution in [0.1, 0.15) is 24.1 Å². The lowest BCUT2D eigenvalue weighted by Gasteiger charge is -2.39. The van der Waals surface area contributed by atoms with Crippen molar-refractivity contribution >= 4 is 46.4 Å². The molecule has 0 aliphatic carbocycles. The number of rotatable bonds is 9. The van der Waals surface area contributed by atoms with Crippen molar-refractivity contribution < 1.29 is 19.1 Å². The first kappa shape index (κ1) is 23.8. The highest BCUT2D eigenvalue weighted by Crippen LogP contribution is 2.41. The second-order valence-corrected chi connectivity index (χ2v) is 9.87. The Morgan fingerprint density at radius 1 is 1.18 bits per heavy atom. The molecule has 1 aliphatic rings. The van der Waals surface area contributed by atoms with Crippen LogP contribution in [0.2, 0.25) is 5.02 Å². The van der Waals surface area contributed by atoms with Gasteiger partial charge in [0.15, 0.2) is 5.78 Å². The maximum absolute atomic E-state index is 13.3. The van der Waals surface area contributed by atoms with Gasteiger partial charge in [-0.3, -0.25) is 9.59 Å². The van der Waals surface area contributed by atoms with E-state index in [1.165, 1.54) is 23.1 Å². The minimum atomic E-state index is -1.06. The summed E-state index contributed by atoms with van der Waals surface area (Å²) < 4.78 is 10.8. The van der Waals surface area contributed by atoms with Crippen LogP contribution < -0.4 is 10.1 Å². The maximum atomic E-state index is 13.3. The third-order valence-electron chi connectivity index (χ3n) is 5.31. The summed E-state index contributed by atoms with van der Waals surface area (Å²) in [5.41, 5.74) is 0.324. The van der Waals surface area contributed by atoms with Gasteiger partial charge in [0.05, 0.1) is 17.3 Å². The molecular formula is C24H23ClN2O4S2. The Kier molecular flexibility index (Phi) is 7.70. The number of thioether (sulfide) groups is 1. The van der Waals surface area contributed by atoms with Crippen molar-refractivity contribution in [3.05, 3.63) is 75.6 Å². The standard InChI is InChI=1S/C24H23ClN2O4S2/c1-30-11-5-12-31-21-9-4-8-20(26-21)24(16-10-13-32-15-16)14-18(28)22(23(29)27-24)33-19-7-3-2-6-17(19)25/h2-4,6-10,13,15,22H,5,11-12,14H2,1H3,(H,27,29). The molecular weight excluding hydrogens is 480 g/mol. The van der Waals surface area contributed by atoms with Crippen molar-refractivity contribution in [2.75, 3.05) is 20.3 Å². The molecule has 1 N–H and O–H groups in total. The Morgan fingerprint density at radius 3 is 2.76 bits per heavy atom. The zero-order chi connectivity index (χ0) is 23.3. The van der Waals surface area contributed by atoms with Gasteiger partial charge in [-0.05, 0) is 40.6 Å². The molecule has 3 aromatic rings. The number of carbonyl (C=O) groups excluding carboxylic acids is 2. The second-order valence-electron chi connectivity index (χ2n) is 7.53. The van der Waals surface area contributed by atoms with E-state index in [0.29, 0.717) is 34.7 Å². The van der Waals surface area contributed by atoms with Crippen molar-refractivity contribution in [2.45, 2.75) is 28.5 Å². The third-order valence-corrected chi connectivity index (χ3v) is 7.75. The molecule has 1 fully saturated rings. The number of ether oxygens (including phenoxy) is 2. The average molecular weight is 503 g/mol. The van der Waals surface area contributed by atoms with Crippen molar-refractivity contribution in [2.24, 2.45) is 0 Å². The number of piperidine rings is 1.